The van der Waals surface area contributed by atoms with E-state index in [0.29, 0.717) is 11.5 Å². The molecule has 1 N–H and O–H groups in total. The monoisotopic (exact) mass is 372 g/mol. The quantitative estimate of drug-likeness (QED) is 0.682. The van der Waals surface area contributed by atoms with Crippen LogP contribution < -0.4 is 10.2 Å². The Morgan fingerprint density at radius 1 is 0.964 bits per heavy atom. The second-order valence-electron chi connectivity index (χ2n) is 7.73. The molecule has 0 unspecified atom stereocenters. The summed E-state index contributed by atoms with van der Waals surface area (Å²) >= 11 is 0. The normalized spacial score (nSPS) is 14.0. The zero-order valence-electron chi connectivity index (χ0n) is 16.2. The van der Waals surface area contributed by atoms with E-state index in [4.69, 9.17) is 0 Å². The van der Waals surface area contributed by atoms with Crippen LogP contribution in [-0.4, -0.2) is 18.4 Å². The third kappa shape index (κ3) is 3.38. The van der Waals surface area contributed by atoms with Crippen LogP contribution in [0.2, 0.25) is 0 Å². The maximum Gasteiger partial charge on any atom is 0.259 e. The van der Waals surface area contributed by atoms with Gasteiger partial charge in [-0.3, -0.25) is 14.5 Å². The standard InChI is InChI=1S/C24H24N2O2/c1-16(2)14-20(17-8-4-3-5-9-17)25-22(27)15-26-21-13-7-11-18-10-6-12-19(23(18)21)24(26)28/h3-13,16,20H,14-15H2,1-2H3,(H,25,27)/t20-/m0/s1. The molecule has 1 atom stereocenters. The van der Waals surface area contributed by atoms with Crippen molar-refractivity contribution in [3.05, 3.63) is 77.9 Å². The number of nitrogens with one attached hydrogen (secondary N) is 1. The fourth-order valence-electron chi connectivity index (χ4n) is 3.95. The number of carbonyl (C=O) groups is 2. The summed E-state index contributed by atoms with van der Waals surface area (Å²) in [5.74, 6) is 0.187. The minimum Gasteiger partial charge on any atom is -0.348 e. The first-order valence-electron chi connectivity index (χ1n) is 9.72. The van der Waals surface area contributed by atoms with Gasteiger partial charge in [0.2, 0.25) is 5.91 Å². The van der Waals surface area contributed by atoms with Crippen molar-refractivity contribution in [2.75, 3.05) is 11.4 Å². The van der Waals surface area contributed by atoms with Gasteiger partial charge in [-0.25, -0.2) is 0 Å². The lowest BCUT2D eigenvalue weighted by molar-refractivity contribution is -0.120. The summed E-state index contributed by atoms with van der Waals surface area (Å²) in [6.07, 6.45) is 0.847. The van der Waals surface area contributed by atoms with Crippen LogP contribution in [0.25, 0.3) is 10.8 Å². The lowest BCUT2D eigenvalue weighted by atomic mass is 9.97. The minimum absolute atomic E-state index is 0.0219. The number of hydrogen-bond donors (Lipinski definition) is 1. The van der Waals surface area contributed by atoms with E-state index >= 15 is 0 Å². The van der Waals surface area contributed by atoms with E-state index in [1.165, 1.54) is 0 Å². The van der Waals surface area contributed by atoms with Crippen molar-refractivity contribution in [2.24, 2.45) is 5.92 Å². The topological polar surface area (TPSA) is 49.4 Å². The Hall–Kier alpha value is -3.14. The number of rotatable bonds is 6. The van der Waals surface area contributed by atoms with Gasteiger partial charge in [0.15, 0.2) is 0 Å². The molecular weight excluding hydrogens is 348 g/mol. The third-order valence-electron chi connectivity index (χ3n) is 5.20. The van der Waals surface area contributed by atoms with E-state index in [0.717, 1.165) is 28.4 Å². The molecule has 1 aliphatic rings. The first-order chi connectivity index (χ1) is 13.5. The number of benzene rings is 3. The lowest BCUT2D eigenvalue weighted by Crippen LogP contribution is -2.40. The van der Waals surface area contributed by atoms with Crippen LogP contribution in [0.1, 0.15) is 42.2 Å². The molecule has 3 aromatic carbocycles. The Labute approximate surface area is 165 Å². The van der Waals surface area contributed by atoms with Gasteiger partial charge in [0.05, 0.1) is 11.7 Å². The zero-order valence-corrected chi connectivity index (χ0v) is 16.2. The molecule has 3 aromatic rings. The summed E-state index contributed by atoms with van der Waals surface area (Å²) in [6.45, 7) is 4.31. The van der Waals surface area contributed by atoms with Gasteiger partial charge < -0.3 is 5.32 Å². The molecule has 4 rings (SSSR count). The Morgan fingerprint density at radius 2 is 1.68 bits per heavy atom. The molecule has 1 heterocycles. The highest BCUT2D eigenvalue weighted by Crippen LogP contribution is 2.37. The van der Waals surface area contributed by atoms with Crippen molar-refractivity contribution in [1.29, 1.82) is 0 Å². The van der Waals surface area contributed by atoms with Gasteiger partial charge in [0, 0.05) is 10.9 Å². The van der Waals surface area contributed by atoms with E-state index in [2.05, 4.69) is 19.2 Å². The van der Waals surface area contributed by atoms with E-state index in [-0.39, 0.29) is 24.4 Å². The second kappa shape index (κ2) is 7.47. The molecule has 1 aliphatic heterocycles. The van der Waals surface area contributed by atoms with Gasteiger partial charge in [0.25, 0.3) is 5.91 Å². The molecular formula is C24H24N2O2. The lowest BCUT2D eigenvalue weighted by Gasteiger charge is -2.23. The Balaban J connectivity index is 1.55. The van der Waals surface area contributed by atoms with E-state index in [1.807, 2.05) is 66.7 Å². The molecule has 0 bridgehead atoms. The predicted octanol–water partition coefficient (Wildman–Crippen LogP) is 4.70. The summed E-state index contributed by atoms with van der Waals surface area (Å²) in [4.78, 5) is 27.4. The molecule has 0 radical (unpaired) electrons. The van der Waals surface area contributed by atoms with Gasteiger partial charge in [-0.2, -0.15) is 0 Å². The van der Waals surface area contributed by atoms with Crippen LogP contribution >= 0.6 is 0 Å². The summed E-state index contributed by atoms with van der Waals surface area (Å²) in [5.41, 5.74) is 2.57. The number of nitrogens with zero attached hydrogens (tertiary/aromatic N) is 1. The second-order valence-corrected chi connectivity index (χ2v) is 7.73. The van der Waals surface area contributed by atoms with Crippen LogP contribution in [0.15, 0.2) is 66.7 Å². The SMILES string of the molecule is CC(C)C[C@H](NC(=O)CN1C(=O)c2cccc3cccc1c23)c1ccccc1. The van der Waals surface area contributed by atoms with Gasteiger partial charge in [0.1, 0.15) is 6.54 Å². The Morgan fingerprint density at radius 3 is 2.39 bits per heavy atom. The van der Waals surface area contributed by atoms with Crippen LogP contribution in [0.4, 0.5) is 5.69 Å². The maximum atomic E-state index is 12.9. The first-order valence-corrected chi connectivity index (χ1v) is 9.72. The average Bonchev–Trinajstić information content (AvgIpc) is 2.96. The highest BCUT2D eigenvalue weighted by atomic mass is 16.2. The van der Waals surface area contributed by atoms with Crippen LogP contribution in [0.5, 0.6) is 0 Å². The van der Waals surface area contributed by atoms with E-state index in [9.17, 15) is 9.59 Å². The van der Waals surface area contributed by atoms with Crippen LogP contribution in [-0.2, 0) is 4.79 Å². The number of carbonyl (C=O) groups excluding carboxylic acids is 2. The van der Waals surface area contributed by atoms with Crippen molar-refractivity contribution in [2.45, 2.75) is 26.3 Å². The molecule has 142 valence electrons. The van der Waals surface area contributed by atoms with Crippen LogP contribution in [0, 0.1) is 5.92 Å². The zero-order chi connectivity index (χ0) is 19.7. The molecule has 0 saturated carbocycles. The van der Waals surface area contributed by atoms with Gasteiger partial charge in [-0.1, -0.05) is 68.4 Å². The molecule has 0 aromatic heterocycles. The molecule has 4 heteroatoms. The molecule has 4 nitrogen and oxygen atoms in total. The highest BCUT2D eigenvalue weighted by Gasteiger charge is 2.31. The molecule has 2 amide bonds. The molecule has 0 spiro atoms. The first kappa shape index (κ1) is 18.2. The van der Waals surface area contributed by atoms with Crippen molar-refractivity contribution in [1.82, 2.24) is 5.32 Å². The summed E-state index contributed by atoms with van der Waals surface area (Å²) in [6, 6.07) is 21.5. The van der Waals surface area contributed by atoms with Crippen molar-refractivity contribution in [3.63, 3.8) is 0 Å². The Kier molecular flexibility index (Phi) is 4.86. The van der Waals surface area contributed by atoms with Gasteiger partial charge >= 0.3 is 0 Å². The fraction of sp³-hybridized carbons (Fsp3) is 0.250. The number of amides is 2. The maximum absolute atomic E-state index is 12.9. The Bertz CT molecular complexity index is 1020. The van der Waals surface area contributed by atoms with Crippen molar-refractivity contribution < 1.29 is 9.59 Å². The summed E-state index contributed by atoms with van der Waals surface area (Å²) in [7, 11) is 0. The molecule has 0 fully saturated rings. The minimum atomic E-state index is -0.146. The van der Waals surface area contributed by atoms with Crippen LogP contribution in [0.3, 0.4) is 0 Å². The van der Waals surface area contributed by atoms with Crippen molar-refractivity contribution in [3.8, 4) is 0 Å². The largest absolute Gasteiger partial charge is 0.348 e. The van der Waals surface area contributed by atoms with E-state index in [1.54, 1.807) is 4.90 Å². The van der Waals surface area contributed by atoms with Gasteiger partial charge in [-0.15, -0.1) is 0 Å². The fourth-order valence-corrected chi connectivity index (χ4v) is 3.95. The number of hydrogen-bond acceptors (Lipinski definition) is 2. The molecule has 0 saturated heterocycles. The third-order valence-corrected chi connectivity index (χ3v) is 5.20. The highest BCUT2D eigenvalue weighted by molar-refractivity contribution is 6.26. The molecule has 0 aliphatic carbocycles. The predicted molar refractivity (Wildman–Crippen MR) is 112 cm³/mol. The summed E-state index contributed by atoms with van der Waals surface area (Å²) in [5, 5.41) is 5.09. The summed E-state index contributed by atoms with van der Waals surface area (Å²) < 4.78 is 0. The van der Waals surface area contributed by atoms with Gasteiger partial charge in [-0.05, 0) is 35.4 Å². The van der Waals surface area contributed by atoms with Crippen molar-refractivity contribution >= 4 is 28.3 Å². The smallest absolute Gasteiger partial charge is 0.259 e. The molecule has 28 heavy (non-hydrogen) atoms. The number of anilines is 1. The van der Waals surface area contributed by atoms with E-state index < -0.39 is 0 Å². The average molecular weight is 372 g/mol.